The van der Waals surface area contributed by atoms with E-state index in [1.165, 1.54) is 0 Å². The summed E-state index contributed by atoms with van der Waals surface area (Å²) >= 11 is 0. The van der Waals surface area contributed by atoms with Crippen LogP contribution in [0.1, 0.15) is 17.0 Å². The zero-order chi connectivity index (χ0) is 20.4. The van der Waals surface area contributed by atoms with Crippen molar-refractivity contribution in [2.75, 3.05) is 10.6 Å². The molecule has 1 amide bonds. The monoisotopic (exact) mass is 401 g/mol. The van der Waals surface area contributed by atoms with Crippen molar-refractivity contribution in [3.8, 4) is 0 Å². The van der Waals surface area contributed by atoms with Crippen LogP contribution in [0.4, 0.5) is 24.9 Å². The van der Waals surface area contributed by atoms with E-state index in [1.807, 2.05) is 42.5 Å². The highest BCUT2D eigenvalue weighted by Gasteiger charge is 2.32. The first kappa shape index (κ1) is 18.7. The van der Waals surface area contributed by atoms with E-state index in [0.717, 1.165) is 5.56 Å². The molecular weight excluding hydrogens is 387 g/mol. The molecule has 7 nitrogen and oxygen atoms in total. The number of benzene rings is 2. The molecule has 0 saturated carbocycles. The van der Waals surface area contributed by atoms with E-state index in [1.54, 1.807) is 12.1 Å². The second-order valence-electron chi connectivity index (χ2n) is 6.22. The average molecular weight is 401 g/mol. The number of hydrogen-bond acceptors (Lipinski definition) is 6. The van der Waals surface area contributed by atoms with Crippen LogP contribution in [0.5, 0.6) is 0 Å². The lowest BCUT2D eigenvalue weighted by atomic mass is 10.0. The van der Waals surface area contributed by atoms with E-state index in [4.69, 9.17) is 4.42 Å². The van der Waals surface area contributed by atoms with Gasteiger partial charge >= 0.3 is 12.2 Å². The van der Waals surface area contributed by atoms with Crippen LogP contribution in [-0.4, -0.2) is 34.2 Å². The minimum absolute atomic E-state index is 0.327. The number of fused-ring (bicyclic) bond motifs is 1. The molecule has 2 N–H and O–H groups in total. The first-order valence-corrected chi connectivity index (χ1v) is 8.58. The number of halogens is 3. The summed E-state index contributed by atoms with van der Waals surface area (Å²) in [5.41, 5.74) is 2.57. The Morgan fingerprint density at radius 2 is 1.76 bits per heavy atom. The van der Waals surface area contributed by atoms with Crippen molar-refractivity contribution in [1.29, 1.82) is 0 Å². The summed E-state index contributed by atoms with van der Waals surface area (Å²) in [6.45, 7) is 0. The van der Waals surface area contributed by atoms with Crippen LogP contribution < -0.4 is 10.6 Å². The number of benzodiazepines with no additional fused rings is 1. The van der Waals surface area contributed by atoms with E-state index in [9.17, 15) is 18.0 Å². The molecule has 0 aliphatic carbocycles. The van der Waals surface area contributed by atoms with E-state index in [2.05, 4.69) is 25.8 Å². The normalized spacial score (nSPS) is 16.4. The summed E-state index contributed by atoms with van der Waals surface area (Å²) in [5, 5.41) is 12.2. The largest absolute Gasteiger partial charge is 0.408 e. The molecule has 0 radical (unpaired) electrons. The van der Waals surface area contributed by atoms with Gasteiger partial charge in [0.05, 0.1) is 11.4 Å². The van der Waals surface area contributed by atoms with Gasteiger partial charge in [0.25, 0.3) is 5.91 Å². The molecule has 2 aromatic carbocycles. The Labute approximate surface area is 162 Å². The first-order chi connectivity index (χ1) is 13.9. The topological polar surface area (TPSA) is 92.4 Å². The van der Waals surface area contributed by atoms with Gasteiger partial charge in [-0.15, -0.1) is 5.10 Å². The predicted octanol–water partition coefficient (Wildman–Crippen LogP) is 3.40. The quantitative estimate of drug-likeness (QED) is 0.699. The van der Waals surface area contributed by atoms with Crippen LogP contribution in [0.15, 0.2) is 64.0 Å². The Bertz CT molecular complexity index is 1060. The summed E-state index contributed by atoms with van der Waals surface area (Å²) in [7, 11) is 0. The van der Waals surface area contributed by atoms with Gasteiger partial charge in [0.15, 0.2) is 0 Å². The maximum atomic E-state index is 12.6. The molecule has 1 unspecified atom stereocenters. The fraction of sp³-hybridized carbons (Fsp3) is 0.158. The molecular formula is C19H14F3N5O2. The number of carbonyl (C=O) groups excluding carboxylic acids is 1. The highest BCUT2D eigenvalue weighted by atomic mass is 19.4. The lowest BCUT2D eigenvalue weighted by molar-refractivity contribution is -0.130. The Hall–Kier alpha value is -3.69. The lowest BCUT2D eigenvalue weighted by Gasteiger charge is -2.11. The molecule has 148 valence electrons. The second kappa shape index (κ2) is 7.38. The van der Waals surface area contributed by atoms with Crippen molar-refractivity contribution in [3.63, 3.8) is 0 Å². The molecule has 10 heteroatoms. The fourth-order valence-corrected chi connectivity index (χ4v) is 2.85. The molecule has 1 atom stereocenters. The number of nitrogens with zero attached hydrogens (tertiary/aromatic N) is 3. The lowest BCUT2D eigenvalue weighted by Crippen LogP contribution is -2.32. The standard InChI is InChI=1S/C19H14F3N5O2/c20-19(21,22)10-14-26-27-18(29-14)25-16-17(28)23-13-9-5-4-8-12(13)15(24-16)11-6-2-1-3-7-11/h1-9,16H,10H2,(H,23,28)(H,25,27). The molecule has 0 fully saturated rings. The van der Waals surface area contributed by atoms with Crippen molar-refractivity contribution in [2.24, 2.45) is 4.99 Å². The van der Waals surface area contributed by atoms with Crippen LogP contribution in [-0.2, 0) is 11.2 Å². The molecule has 1 aliphatic rings. The molecule has 0 saturated heterocycles. The van der Waals surface area contributed by atoms with Gasteiger partial charge in [-0.05, 0) is 6.07 Å². The first-order valence-electron chi connectivity index (χ1n) is 8.58. The van der Waals surface area contributed by atoms with Crippen molar-refractivity contribution in [1.82, 2.24) is 10.2 Å². The second-order valence-corrected chi connectivity index (χ2v) is 6.22. The van der Waals surface area contributed by atoms with Gasteiger partial charge in [0, 0.05) is 11.1 Å². The van der Waals surface area contributed by atoms with Gasteiger partial charge in [-0.3, -0.25) is 4.79 Å². The molecule has 3 aromatic rings. The van der Waals surface area contributed by atoms with Crippen LogP contribution in [0.2, 0.25) is 0 Å². The third kappa shape index (κ3) is 4.26. The Morgan fingerprint density at radius 3 is 2.52 bits per heavy atom. The smallest absolute Gasteiger partial charge is 0.397 e. The number of para-hydroxylation sites is 1. The molecule has 4 rings (SSSR count). The summed E-state index contributed by atoms with van der Waals surface area (Å²) in [4.78, 5) is 17.1. The van der Waals surface area contributed by atoms with Gasteiger partial charge in [0.2, 0.25) is 12.1 Å². The number of amides is 1. The van der Waals surface area contributed by atoms with Gasteiger partial charge in [-0.25, -0.2) is 4.99 Å². The number of nitrogens with one attached hydrogen (secondary N) is 2. The maximum Gasteiger partial charge on any atom is 0.397 e. The predicted molar refractivity (Wildman–Crippen MR) is 98.6 cm³/mol. The molecule has 0 bridgehead atoms. The Kier molecular flexibility index (Phi) is 4.75. The number of alkyl halides is 3. The van der Waals surface area contributed by atoms with Crippen LogP contribution in [0.3, 0.4) is 0 Å². The number of rotatable bonds is 4. The van der Waals surface area contributed by atoms with Crippen LogP contribution in [0.25, 0.3) is 0 Å². The summed E-state index contributed by atoms with van der Waals surface area (Å²) in [5.74, 6) is -1.12. The van der Waals surface area contributed by atoms with Gasteiger partial charge < -0.3 is 15.1 Å². The number of hydrogen-bond donors (Lipinski definition) is 2. The van der Waals surface area contributed by atoms with E-state index < -0.39 is 30.6 Å². The van der Waals surface area contributed by atoms with Crippen LogP contribution in [0, 0.1) is 0 Å². The molecule has 1 aliphatic heterocycles. The zero-order valence-corrected chi connectivity index (χ0v) is 14.8. The minimum atomic E-state index is -4.48. The SMILES string of the molecule is O=C1Nc2ccccc2C(c2ccccc2)=NC1Nc1nnc(CC(F)(F)F)o1. The molecule has 2 heterocycles. The molecule has 1 aromatic heterocycles. The van der Waals surface area contributed by atoms with Crippen LogP contribution >= 0.6 is 0 Å². The molecule has 29 heavy (non-hydrogen) atoms. The van der Waals surface area contributed by atoms with Gasteiger partial charge in [-0.2, -0.15) is 13.2 Å². The Balaban J connectivity index is 1.68. The van der Waals surface area contributed by atoms with Crippen molar-refractivity contribution in [3.05, 3.63) is 71.6 Å². The summed E-state index contributed by atoms with van der Waals surface area (Å²) in [6.07, 6.45) is -7.02. The highest BCUT2D eigenvalue weighted by Crippen LogP contribution is 2.25. The maximum absolute atomic E-state index is 12.6. The number of aromatic nitrogens is 2. The van der Waals surface area contributed by atoms with Crippen molar-refractivity contribution in [2.45, 2.75) is 18.8 Å². The third-order valence-electron chi connectivity index (χ3n) is 4.07. The van der Waals surface area contributed by atoms with E-state index >= 15 is 0 Å². The Morgan fingerprint density at radius 1 is 1.03 bits per heavy atom. The number of anilines is 2. The van der Waals surface area contributed by atoms with Gasteiger partial charge in [-0.1, -0.05) is 53.6 Å². The fourth-order valence-electron chi connectivity index (χ4n) is 2.85. The number of carbonyl (C=O) groups is 1. The molecule has 0 spiro atoms. The van der Waals surface area contributed by atoms with E-state index in [-0.39, 0.29) is 6.01 Å². The minimum Gasteiger partial charge on any atom is -0.408 e. The third-order valence-corrected chi connectivity index (χ3v) is 4.07. The van der Waals surface area contributed by atoms with Crippen molar-refractivity contribution < 1.29 is 22.4 Å². The van der Waals surface area contributed by atoms with Crippen molar-refractivity contribution >= 4 is 23.3 Å². The summed E-state index contributed by atoms with van der Waals surface area (Å²) in [6, 6.07) is 16.0. The summed E-state index contributed by atoms with van der Waals surface area (Å²) < 4.78 is 42.4. The average Bonchev–Trinajstić information content (AvgIpc) is 3.05. The highest BCUT2D eigenvalue weighted by molar-refractivity contribution is 6.19. The number of aliphatic imine (C=N–C) groups is 1. The van der Waals surface area contributed by atoms with E-state index in [0.29, 0.717) is 17.0 Å². The zero-order valence-electron chi connectivity index (χ0n) is 14.8. The van der Waals surface area contributed by atoms with Gasteiger partial charge in [0.1, 0.15) is 6.42 Å².